The number of hydrogen-bond donors (Lipinski definition) is 0. The largest absolute Gasteiger partial charge is 0.289 e. The van der Waals surface area contributed by atoms with Crippen LogP contribution in [0.5, 0.6) is 0 Å². The third kappa shape index (κ3) is 3.10. The molecule has 0 heterocycles. The number of carbonyl (C=O) groups is 1. The van der Waals surface area contributed by atoms with Crippen LogP contribution >= 0.6 is 11.6 Å². The maximum atomic E-state index is 12.5. The van der Waals surface area contributed by atoms with Crippen molar-refractivity contribution in [1.82, 2.24) is 0 Å². The average molecular weight is 287 g/mol. The molecule has 0 aliphatic rings. The minimum atomic E-state index is -0.0320. The summed E-state index contributed by atoms with van der Waals surface area (Å²) in [5.41, 5.74) is 3.58. The normalized spacial score (nSPS) is 11.4. The molecule has 2 heteroatoms. The second kappa shape index (κ2) is 5.41. The number of benzene rings is 2. The Kier molecular flexibility index (Phi) is 4.01. The van der Waals surface area contributed by atoms with E-state index in [0.29, 0.717) is 16.1 Å². The molecular weight excluding hydrogens is 268 g/mol. The summed E-state index contributed by atoms with van der Waals surface area (Å²) in [6.07, 6.45) is 0. The number of halogens is 1. The molecule has 0 aliphatic heterocycles. The fraction of sp³-hybridized carbons (Fsp3) is 0.278. The molecule has 0 spiro atoms. The molecule has 0 atom stereocenters. The molecule has 1 nitrogen and oxygen atoms in total. The van der Waals surface area contributed by atoms with Gasteiger partial charge in [0.2, 0.25) is 0 Å². The van der Waals surface area contributed by atoms with Crippen LogP contribution in [0.1, 0.15) is 47.8 Å². The molecule has 0 aliphatic carbocycles. The third-order valence-electron chi connectivity index (χ3n) is 3.38. The number of rotatable bonds is 2. The minimum absolute atomic E-state index is 0.0320. The predicted octanol–water partition coefficient (Wildman–Crippen LogP) is 5.18. The molecule has 0 bridgehead atoms. The number of aryl methyl sites for hydroxylation is 1. The lowest BCUT2D eigenvalue weighted by atomic mass is 9.86. The van der Waals surface area contributed by atoms with Gasteiger partial charge in [0, 0.05) is 11.1 Å². The average Bonchev–Trinajstić information content (AvgIpc) is 2.37. The molecule has 0 aromatic heterocycles. The monoisotopic (exact) mass is 286 g/mol. The van der Waals surface area contributed by atoms with Crippen LogP contribution in [0.25, 0.3) is 0 Å². The molecule has 0 radical (unpaired) electrons. The van der Waals surface area contributed by atoms with Gasteiger partial charge in [0.25, 0.3) is 0 Å². The van der Waals surface area contributed by atoms with E-state index in [9.17, 15) is 4.79 Å². The number of hydrogen-bond acceptors (Lipinski definition) is 1. The molecule has 2 aromatic rings. The summed E-state index contributed by atoms with van der Waals surface area (Å²) in [6, 6.07) is 13.3. The standard InChI is InChI=1S/C18H19ClO/c1-12-5-10-15(16(19)11-12)17(20)13-6-8-14(9-7-13)18(2,3)4/h5-11H,1-4H3. The van der Waals surface area contributed by atoms with Crippen molar-refractivity contribution in [2.45, 2.75) is 33.1 Å². The molecule has 2 rings (SSSR count). The van der Waals surface area contributed by atoms with Crippen LogP contribution in [-0.4, -0.2) is 5.78 Å². The van der Waals surface area contributed by atoms with Crippen molar-refractivity contribution >= 4 is 17.4 Å². The maximum Gasteiger partial charge on any atom is 0.194 e. The predicted molar refractivity (Wildman–Crippen MR) is 84.8 cm³/mol. The first kappa shape index (κ1) is 14.8. The Hall–Kier alpha value is -1.60. The van der Waals surface area contributed by atoms with Gasteiger partial charge < -0.3 is 0 Å². The zero-order valence-corrected chi connectivity index (χ0v) is 13.1. The molecule has 0 fully saturated rings. The van der Waals surface area contributed by atoms with Crippen molar-refractivity contribution in [3.63, 3.8) is 0 Å². The van der Waals surface area contributed by atoms with E-state index in [2.05, 4.69) is 20.8 Å². The second-order valence-electron chi connectivity index (χ2n) is 6.14. The van der Waals surface area contributed by atoms with Crippen molar-refractivity contribution in [2.75, 3.05) is 0 Å². The molecule has 0 N–H and O–H groups in total. The first-order valence-corrected chi connectivity index (χ1v) is 7.08. The zero-order chi connectivity index (χ0) is 14.9. The van der Waals surface area contributed by atoms with Gasteiger partial charge in [-0.25, -0.2) is 0 Å². The van der Waals surface area contributed by atoms with E-state index < -0.39 is 0 Å². The van der Waals surface area contributed by atoms with Crippen molar-refractivity contribution < 1.29 is 4.79 Å². The molecule has 0 saturated carbocycles. The molecular formula is C18H19ClO. The van der Waals surface area contributed by atoms with Crippen LogP contribution < -0.4 is 0 Å². The van der Waals surface area contributed by atoms with Crippen LogP contribution in [-0.2, 0) is 5.41 Å². The van der Waals surface area contributed by atoms with Gasteiger partial charge in [0.15, 0.2) is 5.78 Å². The second-order valence-corrected chi connectivity index (χ2v) is 6.55. The topological polar surface area (TPSA) is 17.1 Å². The molecule has 104 valence electrons. The summed E-state index contributed by atoms with van der Waals surface area (Å²) >= 11 is 6.16. The van der Waals surface area contributed by atoms with Crippen LogP contribution in [0, 0.1) is 6.92 Å². The summed E-state index contributed by atoms with van der Waals surface area (Å²) in [5, 5.41) is 0.509. The molecule has 0 unspecified atom stereocenters. The molecule has 2 aromatic carbocycles. The van der Waals surface area contributed by atoms with Crippen LogP contribution in [0.4, 0.5) is 0 Å². The van der Waals surface area contributed by atoms with E-state index in [1.54, 1.807) is 6.07 Å². The summed E-state index contributed by atoms with van der Waals surface area (Å²) in [7, 11) is 0. The van der Waals surface area contributed by atoms with Crippen LogP contribution in [0.3, 0.4) is 0 Å². The van der Waals surface area contributed by atoms with E-state index in [-0.39, 0.29) is 11.2 Å². The van der Waals surface area contributed by atoms with Crippen molar-refractivity contribution in [2.24, 2.45) is 0 Å². The smallest absolute Gasteiger partial charge is 0.194 e. The summed E-state index contributed by atoms with van der Waals surface area (Å²) in [4.78, 5) is 12.5. The van der Waals surface area contributed by atoms with Gasteiger partial charge in [-0.2, -0.15) is 0 Å². The summed E-state index contributed by atoms with van der Waals surface area (Å²) in [5.74, 6) is -0.0320. The first-order valence-electron chi connectivity index (χ1n) is 6.70. The lowest BCUT2D eigenvalue weighted by Gasteiger charge is -2.19. The van der Waals surface area contributed by atoms with Gasteiger partial charge in [-0.1, -0.05) is 62.7 Å². The van der Waals surface area contributed by atoms with Gasteiger partial charge in [-0.15, -0.1) is 0 Å². The SMILES string of the molecule is Cc1ccc(C(=O)c2ccc(C(C)(C)C)cc2)c(Cl)c1. The summed E-state index contributed by atoms with van der Waals surface area (Å²) in [6.45, 7) is 8.42. The first-order chi connectivity index (χ1) is 9.29. The Balaban J connectivity index is 2.34. The van der Waals surface area contributed by atoms with Gasteiger partial charge in [0.05, 0.1) is 5.02 Å². The van der Waals surface area contributed by atoms with E-state index >= 15 is 0 Å². The highest BCUT2D eigenvalue weighted by atomic mass is 35.5. The van der Waals surface area contributed by atoms with Crippen molar-refractivity contribution in [3.8, 4) is 0 Å². The Morgan fingerprint density at radius 1 is 1.00 bits per heavy atom. The van der Waals surface area contributed by atoms with Gasteiger partial charge in [0.1, 0.15) is 0 Å². The van der Waals surface area contributed by atoms with Gasteiger partial charge in [-0.3, -0.25) is 4.79 Å². The quantitative estimate of drug-likeness (QED) is 0.696. The Morgan fingerprint density at radius 3 is 2.10 bits per heavy atom. The van der Waals surface area contributed by atoms with Crippen LogP contribution in [0.2, 0.25) is 5.02 Å². The highest BCUT2D eigenvalue weighted by Gasteiger charge is 2.16. The van der Waals surface area contributed by atoms with Gasteiger partial charge >= 0.3 is 0 Å². The lowest BCUT2D eigenvalue weighted by Crippen LogP contribution is -2.11. The number of carbonyl (C=O) groups excluding carboxylic acids is 1. The van der Waals surface area contributed by atoms with E-state index in [1.165, 1.54) is 5.56 Å². The minimum Gasteiger partial charge on any atom is -0.289 e. The lowest BCUT2D eigenvalue weighted by molar-refractivity contribution is 0.103. The Morgan fingerprint density at radius 2 is 1.60 bits per heavy atom. The summed E-state index contributed by atoms with van der Waals surface area (Å²) < 4.78 is 0. The van der Waals surface area contributed by atoms with E-state index in [1.807, 2.05) is 43.3 Å². The molecule has 0 amide bonds. The number of ketones is 1. The Bertz CT molecular complexity index is 633. The Labute approximate surface area is 125 Å². The van der Waals surface area contributed by atoms with E-state index in [0.717, 1.165) is 5.56 Å². The maximum absolute atomic E-state index is 12.5. The van der Waals surface area contributed by atoms with Gasteiger partial charge in [-0.05, 0) is 35.6 Å². The molecule has 20 heavy (non-hydrogen) atoms. The van der Waals surface area contributed by atoms with Crippen LogP contribution in [0.15, 0.2) is 42.5 Å². The fourth-order valence-electron chi connectivity index (χ4n) is 2.08. The highest BCUT2D eigenvalue weighted by molar-refractivity contribution is 6.35. The zero-order valence-electron chi connectivity index (χ0n) is 12.3. The van der Waals surface area contributed by atoms with Crippen molar-refractivity contribution in [1.29, 1.82) is 0 Å². The third-order valence-corrected chi connectivity index (χ3v) is 3.70. The fourth-order valence-corrected chi connectivity index (χ4v) is 2.40. The highest BCUT2D eigenvalue weighted by Crippen LogP contribution is 2.24. The van der Waals surface area contributed by atoms with E-state index in [4.69, 9.17) is 11.6 Å². The van der Waals surface area contributed by atoms with Crippen molar-refractivity contribution in [3.05, 3.63) is 69.7 Å². The molecule has 0 saturated heterocycles.